The Kier molecular flexibility index (Phi) is 5.95. The van der Waals surface area contributed by atoms with Crippen LogP contribution in [-0.4, -0.2) is 87.3 Å². The van der Waals surface area contributed by atoms with Gasteiger partial charge in [-0.15, -0.1) is 0 Å². The van der Waals surface area contributed by atoms with Gasteiger partial charge in [-0.2, -0.15) is 16.1 Å². The van der Waals surface area contributed by atoms with Gasteiger partial charge in [0, 0.05) is 44.0 Å². The number of benzene rings is 1. The minimum atomic E-state index is -3.61. The van der Waals surface area contributed by atoms with Gasteiger partial charge in [-0.05, 0) is 38.6 Å². The van der Waals surface area contributed by atoms with Gasteiger partial charge in [0.2, 0.25) is 10.0 Å². The molecular formula is C16H25N3O3S2. The van der Waals surface area contributed by atoms with Crippen LogP contribution in [0.15, 0.2) is 29.2 Å². The number of likely N-dealkylation sites (N-methyl/N-ethyl adjacent to an activating group) is 1. The molecule has 6 nitrogen and oxygen atoms in total. The van der Waals surface area contributed by atoms with Crippen molar-refractivity contribution in [2.24, 2.45) is 0 Å². The van der Waals surface area contributed by atoms with Crippen LogP contribution in [0.25, 0.3) is 0 Å². The molecule has 0 spiro atoms. The Morgan fingerprint density at radius 1 is 1.21 bits per heavy atom. The Hall–Kier alpha value is -1.09. The molecule has 0 bridgehead atoms. The zero-order valence-corrected chi connectivity index (χ0v) is 16.4. The summed E-state index contributed by atoms with van der Waals surface area (Å²) in [5.41, 5.74) is 0.380. The molecule has 2 atom stereocenters. The fourth-order valence-corrected chi connectivity index (χ4v) is 5.44. The first-order valence-electron chi connectivity index (χ1n) is 7.69. The molecule has 1 aromatic rings. The molecule has 0 unspecified atom stereocenters. The van der Waals surface area contributed by atoms with Crippen molar-refractivity contribution in [1.29, 1.82) is 0 Å². The highest BCUT2D eigenvalue weighted by Gasteiger charge is 2.40. The summed E-state index contributed by atoms with van der Waals surface area (Å²) < 4.78 is 27.5. The highest BCUT2D eigenvalue weighted by atomic mass is 32.2. The number of hydrogen-bond acceptors (Lipinski definition) is 5. The summed E-state index contributed by atoms with van der Waals surface area (Å²) in [7, 11) is 3.63. The van der Waals surface area contributed by atoms with Crippen LogP contribution in [0.4, 0.5) is 0 Å². The predicted octanol–water partition coefficient (Wildman–Crippen LogP) is 1.05. The average molecular weight is 372 g/mol. The largest absolute Gasteiger partial charge is 0.345 e. The number of rotatable bonds is 5. The smallest absolute Gasteiger partial charge is 0.253 e. The number of nitrogens with zero attached hydrogens (tertiary/aromatic N) is 3. The van der Waals surface area contributed by atoms with Crippen molar-refractivity contribution < 1.29 is 13.2 Å². The molecule has 0 N–H and O–H groups in total. The van der Waals surface area contributed by atoms with Gasteiger partial charge in [0.05, 0.1) is 4.90 Å². The fraction of sp³-hybridized carbons (Fsp3) is 0.562. The van der Waals surface area contributed by atoms with Crippen LogP contribution in [0.1, 0.15) is 10.4 Å². The van der Waals surface area contributed by atoms with Gasteiger partial charge in [-0.25, -0.2) is 8.42 Å². The molecule has 0 aliphatic carbocycles. The van der Waals surface area contributed by atoms with Gasteiger partial charge in [0.1, 0.15) is 0 Å². The lowest BCUT2D eigenvalue weighted by atomic mass is 10.2. The van der Waals surface area contributed by atoms with Crippen molar-refractivity contribution in [2.45, 2.75) is 16.2 Å². The zero-order chi connectivity index (χ0) is 18.1. The van der Waals surface area contributed by atoms with Gasteiger partial charge >= 0.3 is 0 Å². The molecule has 134 valence electrons. The van der Waals surface area contributed by atoms with Crippen molar-refractivity contribution in [3.05, 3.63) is 29.8 Å². The fourth-order valence-electron chi connectivity index (χ4n) is 2.84. The summed E-state index contributed by atoms with van der Waals surface area (Å²) in [6.07, 6.45) is 2.01. The summed E-state index contributed by atoms with van der Waals surface area (Å²) in [4.78, 5) is 15.8. The Labute approximate surface area is 148 Å². The van der Waals surface area contributed by atoms with Crippen molar-refractivity contribution >= 4 is 27.7 Å². The second-order valence-corrected chi connectivity index (χ2v) is 9.37. The van der Waals surface area contributed by atoms with Crippen LogP contribution in [0.3, 0.4) is 0 Å². The third-order valence-electron chi connectivity index (χ3n) is 4.29. The molecule has 1 amide bonds. The standard InChI is InChI=1S/C16H25N3O3S2/c1-17(2)14-10-19(11-15(14)23-5)24(21,22)13-8-6-7-12(9-13)16(20)18(3)4/h6-9,14-15H,10-11H2,1-5H3/t14-,15-/m0/s1. The lowest BCUT2D eigenvalue weighted by molar-refractivity contribution is 0.0827. The van der Waals surface area contributed by atoms with E-state index in [4.69, 9.17) is 0 Å². The van der Waals surface area contributed by atoms with Crippen LogP contribution in [0, 0.1) is 0 Å². The number of thioether (sulfide) groups is 1. The molecular weight excluding hydrogens is 346 g/mol. The van der Waals surface area contributed by atoms with Gasteiger partial charge in [0.25, 0.3) is 5.91 Å². The molecule has 2 rings (SSSR count). The zero-order valence-electron chi connectivity index (χ0n) is 14.8. The van der Waals surface area contributed by atoms with E-state index in [-0.39, 0.29) is 22.1 Å². The second-order valence-electron chi connectivity index (χ2n) is 6.35. The molecule has 1 aromatic carbocycles. The highest BCUT2D eigenvalue weighted by molar-refractivity contribution is 7.99. The number of hydrogen-bond donors (Lipinski definition) is 0. The summed E-state index contributed by atoms with van der Waals surface area (Å²) in [5.74, 6) is -0.207. The molecule has 0 aromatic heterocycles. The van der Waals surface area contributed by atoms with E-state index in [1.165, 1.54) is 15.3 Å². The Morgan fingerprint density at radius 2 is 1.88 bits per heavy atom. The van der Waals surface area contributed by atoms with E-state index in [9.17, 15) is 13.2 Å². The number of sulfonamides is 1. The third-order valence-corrected chi connectivity index (χ3v) is 7.19. The van der Waals surface area contributed by atoms with E-state index in [0.29, 0.717) is 18.7 Å². The van der Waals surface area contributed by atoms with Crippen molar-refractivity contribution in [3.8, 4) is 0 Å². The van der Waals surface area contributed by atoms with E-state index in [1.807, 2.05) is 20.4 Å². The summed E-state index contributed by atoms with van der Waals surface area (Å²) in [5, 5.41) is 0.237. The minimum Gasteiger partial charge on any atom is -0.345 e. The molecule has 0 saturated carbocycles. The maximum Gasteiger partial charge on any atom is 0.253 e. The summed E-state index contributed by atoms with van der Waals surface area (Å²) >= 11 is 1.69. The van der Waals surface area contributed by atoms with Gasteiger partial charge < -0.3 is 9.80 Å². The molecule has 24 heavy (non-hydrogen) atoms. The van der Waals surface area contributed by atoms with Crippen LogP contribution >= 0.6 is 11.8 Å². The van der Waals surface area contributed by atoms with Crippen molar-refractivity contribution in [2.75, 3.05) is 47.5 Å². The van der Waals surface area contributed by atoms with E-state index in [2.05, 4.69) is 4.90 Å². The lowest BCUT2D eigenvalue weighted by Gasteiger charge is -2.23. The molecule has 0 radical (unpaired) electrons. The first-order valence-corrected chi connectivity index (χ1v) is 10.4. The normalized spacial score (nSPS) is 22.1. The van der Waals surface area contributed by atoms with Crippen molar-refractivity contribution in [1.82, 2.24) is 14.1 Å². The quantitative estimate of drug-likeness (QED) is 0.774. The Bertz CT molecular complexity index is 704. The second kappa shape index (κ2) is 7.43. The molecule has 1 heterocycles. The molecule has 1 fully saturated rings. The maximum absolute atomic E-state index is 13.0. The highest BCUT2D eigenvalue weighted by Crippen LogP contribution is 2.29. The van der Waals surface area contributed by atoms with Crippen LogP contribution < -0.4 is 0 Å². The van der Waals surface area contributed by atoms with Crippen LogP contribution in [-0.2, 0) is 10.0 Å². The molecule has 8 heteroatoms. The predicted molar refractivity (Wildman–Crippen MR) is 98.0 cm³/mol. The monoisotopic (exact) mass is 371 g/mol. The van der Waals surface area contributed by atoms with E-state index in [0.717, 1.165) is 0 Å². The first-order chi connectivity index (χ1) is 11.2. The van der Waals surface area contributed by atoms with Gasteiger partial charge in [-0.1, -0.05) is 6.07 Å². The number of carbonyl (C=O) groups excluding carboxylic acids is 1. The minimum absolute atomic E-state index is 0.175. The lowest BCUT2D eigenvalue weighted by Crippen LogP contribution is -2.37. The third kappa shape index (κ3) is 3.77. The number of carbonyl (C=O) groups is 1. The van der Waals surface area contributed by atoms with E-state index in [1.54, 1.807) is 44.1 Å². The van der Waals surface area contributed by atoms with E-state index < -0.39 is 10.0 Å². The number of amides is 1. The van der Waals surface area contributed by atoms with Gasteiger partial charge in [0.15, 0.2) is 0 Å². The van der Waals surface area contributed by atoms with Crippen LogP contribution in [0.2, 0.25) is 0 Å². The van der Waals surface area contributed by atoms with Gasteiger partial charge in [-0.3, -0.25) is 4.79 Å². The maximum atomic E-state index is 13.0. The topological polar surface area (TPSA) is 60.9 Å². The van der Waals surface area contributed by atoms with Crippen molar-refractivity contribution in [3.63, 3.8) is 0 Å². The summed E-state index contributed by atoms with van der Waals surface area (Å²) in [6, 6.07) is 6.46. The average Bonchev–Trinajstić information content (AvgIpc) is 2.99. The van der Waals surface area contributed by atoms with E-state index >= 15 is 0 Å². The molecule has 1 aliphatic heterocycles. The Morgan fingerprint density at radius 3 is 2.38 bits per heavy atom. The summed E-state index contributed by atoms with van der Waals surface area (Å²) in [6.45, 7) is 0.949. The molecule has 1 saturated heterocycles. The molecule has 1 aliphatic rings. The van der Waals surface area contributed by atoms with Crippen LogP contribution in [0.5, 0.6) is 0 Å². The first kappa shape index (κ1) is 19.2. The Balaban J connectivity index is 2.31. The SMILES string of the molecule is CS[C@H]1CN(S(=O)(=O)c2cccc(C(=O)N(C)C)c2)C[C@@H]1N(C)C.